The van der Waals surface area contributed by atoms with Gasteiger partial charge in [-0.3, -0.25) is 35.2 Å². The third kappa shape index (κ3) is 4.77. The molecule has 132 valence electrons. The number of hydrogen-bond acceptors (Lipinski definition) is 5. The molecule has 0 atom stereocenters. The molecular weight excluding hydrogens is 350 g/mol. The predicted octanol–water partition coefficient (Wildman–Crippen LogP) is 1.45. The Morgan fingerprint density at radius 2 is 1.80 bits per heavy atom. The first-order valence-corrected chi connectivity index (χ1v) is 7.66. The number of benzene rings is 1. The topological polar surface area (TPSA) is 119 Å². The van der Waals surface area contributed by atoms with Gasteiger partial charge in [-0.25, -0.2) is 0 Å². The number of nitrogens with zero attached hydrogens (tertiary/aromatic N) is 3. The average molecular weight is 366 g/mol. The second-order valence-corrected chi connectivity index (χ2v) is 5.77. The van der Waals surface area contributed by atoms with Crippen LogP contribution in [0.1, 0.15) is 17.0 Å². The molecule has 0 spiro atoms. The number of aromatic nitrogens is 2. The van der Waals surface area contributed by atoms with Crippen LogP contribution >= 0.6 is 11.6 Å². The second-order valence-electron chi connectivity index (χ2n) is 5.33. The Hall–Kier alpha value is -2.94. The van der Waals surface area contributed by atoms with E-state index in [9.17, 15) is 19.7 Å². The summed E-state index contributed by atoms with van der Waals surface area (Å²) in [6, 6.07) is 6.74. The summed E-state index contributed by atoms with van der Waals surface area (Å²) in [5, 5.41) is 15.5. The normalized spacial score (nSPS) is 10.4. The van der Waals surface area contributed by atoms with Crippen LogP contribution in [0.4, 0.5) is 5.69 Å². The molecule has 0 saturated carbocycles. The molecule has 1 aromatic carbocycles. The largest absolute Gasteiger partial charge is 0.312 e. The van der Waals surface area contributed by atoms with Gasteiger partial charge in [-0.2, -0.15) is 5.10 Å². The van der Waals surface area contributed by atoms with Crippen LogP contribution in [0.2, 0.25) is 5.02 Å². The van der Waals surface area contributed by atoms with Gasteiger partial charge in [-0.05, 0) is 31.5 Å². The molecule has 9 nitrogen and oxygen atoms in total. The van der Waals surface area contributed by atoms with E-state index >= 15 is 0 Å². The maximum absolute atomic E-state index is 11.9. The SMILES string of the molecule is Cc1nn(CC(=O)NNC(=O)Cc2ccc(Cl)cc2)c(C)c1[N+](=O)[O-]. The van der Waals surface area contributed by atoms with Crippen LogP contribution < -0.4 is 10.9 Å². The molecule has 25 heavy (non-hydrogen) atoms. The highest BCUT2D eigenvalue weighted by molar-refractivity contribution is 6.30. The molecule has 0 saturated heterocycles. The average Bonchev–Trinajstić information content (AvgIpc) is 2.81. The van der Waals surface area contributed by atoms with Crippen molar-refractivity contribution < 1.29 is 14.5 Å². The lowest BCUT2D eigenvalue weighted by Gasteiger charge is -2.08. The number of carbonyl (C=O) groups excluding carboxylic acids is 2. The molecular formula is C15H16ClN5O4. The minimum Gasteiger partial charge on any atom is -0.273 e. The number of hydrogen-bond donors (Lipinski definition) is 2. The molecule has 0 bridgehead atoms. The van der Waals surface area contributed by atoms with Crippen LogP contribution in [0.15, 0.2) is 24.3 Å². The van der Waals surface area contributed by atoms with Crippen molar-refractivity contribution in [1.29, 1.82) is 0 Å². The fourth-order valence-corrected chi connectivity index (χ4v) is 2.38. The van der Waals surface area contributed by atoms with Crippen molar-refractivity contribution in [2.24, 2.45) is 0 Å². The Bertz CT molecular complexity index is 816. The van der Waals surface area contributed by atoms with E-state index in [2.05, 4.69) is 16.0 Å². The van der Waals surface area contributed by atoms with Crippen molar-refractivity contribution in [1.82, 2.24) is 20.6 Å². The van der Waals surface area contributed by atoms with Crippen LogP contribution in [0, 0.1) is 24.0 Å². The summed E-state index contributed by atoms with van der Waals surface area (Å²) in [6.07, 6.45) is 0.0722. The van der Waals surface area contributed by atoms with Crippen LogP contribution in [0.3, 0.4) is 0 Å². The lowest BCUT2D eigenvalue weighted by molar-refractivity contribution is -0.386. The van der Waals surface area contributed by atoms with Crippen LogP contribution in [0.25, 0.3) is 0 Å². The molecule has 10 heteroatoms. The van der Waals surface area contributed by atoms with E-state index in [1.165, 1.54) is 18.5 Å². The molecule has 2 rings (SSSR count). The van der Waals surface area contributed by atoms with Gasteiger partial charge in [0.15, 0.2) is 0 Å². The molecule has 2 N–H and O–H groups in total. The number of nitrogens with one attached hydrogen (secondary N) is 2. The van der Waals surface area contributed by atoms with Gasteiger partial charge in [0.1, 0.15) is 17.9 Å². The molecule has 0 fully saturated rings. The fourth-order valence-electron chi connectivity index (χ4n) is 2.25. The third-order valence-electron chi connectivity index (χ3n) is 3.44. The highest BCUT2D eigenvalue weighted by Gasteiger charge is 2.22. The first-order valence-electron chi connectivity index (χ1n) is 7.28. The van der Waals surface area contributed by atoms with Crippen molar-refractivity contribution in [3.05, 3.63) is 56.4 Å². The van der Waals surface area contributed by atoms with Gasteiger partial charge in [-0.1, -0.05) is 23.7 Å². The van der Waals surface area contributed by atoms with Crippen LogP contribution in [0.5, 0.6) is 0 Å². The van der Waals surface area contributed by atoms with Crippen molar-refractivity contribution in [3.63, 3.8) is 0 Å². The molecule has 2 amide bonds. The van der Waals surface area contributed by atoms with E-state index < -0.39 is 16.7 Å². The minimum absolute atomic E-state index is 0.0722. The standard InChI is InChI=1S/C15H16ClN5O4/c1-9-15(21(24)25)10(2)20(19-9)8-14(23)18-17-13(22)7-11-3-5-12(16)6-4-11/h3-6H,7-8H2,1-2H3,(H,17,22)(H,18,23). The summed E-state index contributed by atoms with van der Waals surface area (Å²) < 4.78 is 1.22. The highest BCUT2D eigenvalue weighted by Crippen LogP contribution is 2.21. The minimum atomic E-state index is -0.551. The lowest BCUT2D eigenvalue weighted by atomic mass is 10.1. The second kappa shape index (κ2) is 7.75. The molecule has 0 aliphatic carbocycles. The maximum Gasteiger partial charge on any atom is 0.312 e. The van der Waals surface area contributed by atoms with Gasteiger partial charge in [0.25, 0.3) is 5.91 Å². The molecule has 0 aliphatic rings. The summed E-state index contributed by atoms with van der Waals surface area (Å²) in [4.78, 5) is 34.1. The quantitative estimate of drug-likeness (QED) is 0.614. The monoisotopic (exact) mass is 365 g/mol. The lowest BCUT2D eigenvalue weighted by Crippen LogP contribution is -2.44. The molecule has 1 heterocycles. The highest BCUT2D eigenvalue weighted by atomic mass is 35.5. The van der Waals surface area contributed by atoms with Gasteiger partial charge in [0.05, 0.1) is 11.3 Å². The molecule has 1 aromatic heterocycles. The number of amides is 2. The summed E-state index contributed by atoms with van der Waals surface area (Å²) in [7, 11) is 0. The number of halogens is 1. The zero-order valence-electron chi connectivity index (χ0n) is 13.6. The van der Waals surface area contributed by atoms with Gasteiger partial charge >= 0.3 is 5.69 Å². The molecule has 2 aromatic rings. The van der Waals surface area contributed by atoms with Crippen molar-refractivity contribution in [2.45, 2.75) is 26.8 Å². The summed E-state index contributed by atoms with van der Waals surface area (Å²) in [5.41, 5.74) is 5.64. The summed E-state index contributed by atoms with van der Waals surface area (Å²) in [6.45, 7) is 2.75. The van der Waals surface area contributed by atoms with E-state index in [1.807, 2.05) is 0 Å². The Morgan fingerprint density at radius 1 is 1.20 bits per heavy atom. The number of hydrazine groups is 1. The molecule has 0 aliphatic heterocycles. The maximum atomic E-state index is 11.9. The fraction of sp³-hybridized carbons (Fsp3) is 0.267. The Morgan fingerprint density at radius 3 is 2.36 bits per heavy atom. The van der Waals surface area contributed by atoms with Crippen LogP contribution in [-0.2, 0) is 22.6 Å². The number of rotatable bonds is 5. The van der Waals surface area contributed by atoms with E-state index in [1.54, 1.807) is 24.3 Å². The Balaban J connectivity index is 1.88. The zero-order valence-corrected chi connectivity index (χ0v) is 14.3. The van der Waals surface area contributed by atoms with E-state index in [-0.39, 0.29) is 30.0 Å². The van der Waals surface area contributed by atoms with Gasteiger partial charge in [-0.15, -0.1) is 0 Å². The van der Waals surface area contributed by atoms with Gasteiger partial charge in [0, 0.05) is 5.02 Å². The molecule has 0 unspecified atom stereocenters. The van der Waals surface area contributed by atoms with Crippen molar-refractivity contribution in [3.8, 4) is 0 Å². The van der Waals surface area contributed by atoms with Gasteiger partial charge < -0.3 is 0 Å². The van der Waals surface area contributed by atoms with Gasteiger partial charge in [0.2, 0.25) is 5.91 Å². The summed E-state index contributed by atoms with van der Waals surface area (Å²) in [5.74, 6) is -0.958. The van der Waals surface area contributed by atoms with E-state index in [4.69, 9.17) is 11.6 Å². The van der Waals surface area contributed by atoms with E-state index in [0.29, 0.717) is 5.02 Å². The van der Waals surface area contributed by atoms with Crippen molar-refractivity contribution in [2.75, 3.05) is 0 Å². The molecule has 0 radical (unpaired) electrons. The smallest absolute Gasteiger partial charge is 0.273 e. The predicted molar refractivity (Wildman–Crippen MR) is 89.8 cm³/mol. The third-order valence-corrected chi connectivity index (χ3v) is 3.69. The summed E-state index contributed by atoms with van der Waals surface area (Å²) >= 11 is 5.77. The van der Waals surface area contributed by atoms with Crippen molar-refractivity contribution >= 4 is 29.1 Å². The zero-order chi connectivity index (χ0) is 18.6. The first kappa shape index (κ1) is 18.4. The van der Waals surface area contributed by atoms with Crippen LogP contribution in [-0.4, -0.2) is 26.5 Å². The Kier molecular flexibility index (Phi) is 5.71. The van der Waals surface area contributed by atoms with E-state index in [0.717, 1.165) is 5.56 Å². The Labute approximate surface area is 148 Å². The first-order chi connectivity index (χ1) is 11.8. The number of aryl methyl sites for hydroxylation is 1. The number of nitro groups is 1. The number of carbonyl (C=O) groups is 2.